The smallest absolute Gasteiger partial charge is 0.0675 e. The van der Waals surface area contributed by atoms with Crippen LogP contribution in [0.3, 0.4) is 0 Å². The van der Waals surface area contributed by atoms with Gasteiger partial charge in [0, 0.05) is 0 Å². The van der Waals surface area contributed by atoms with Crippen molar-refractivity contribution in [2.75, 3.05) is 0 Å². The summed E-state index contributed by atoms with van der Waals surface area (Å²) in [4.78, 5) is 0. The third-order valence-electron chi connectivity index (χ3n) is 8.27. The lowest BCUT2D eigenvalue weighted by atomic mass is 10.0. The lowest BCUT2D eigenvalue weighted by Crippen LogP contribution is -2.83. The summed E-state index contributed by atoms with van der Waals surface area (Å²) in [5, 5.41) is 3.35. The Balaban J connectivity index is 1.99. The summed E-state index contributed by atoms with van der Waals surface area (Å²) >= 11 is 0. The average Bonchev–Trinajstić information content (AvgIpc) is 2.75. The van der Waals surface area contributed by atoms with Crippen LogP contribution in [0.4, 0.5) is 0 Å². The summed E-state index contributed by atoms with van der Waals surface area (Å²) in [7, 11) is -5.05. The molecule has 4 rings (SSSR count). The zero-order valence-electron chi connectivity index (χ0n) is 18.6. The van der Waals surface area contributed by atoms with Crippen molar-refractivity contribution in [2.24, 2.45) is 0 Å². The highest BCUT2D eigenvalue weighted by Gasteiger charge is 2.63. The van der Waals surface area contributed by atoms with Crippen LogP contribution in [0.2, 0.25) is 32.2 Å². The topological polar surface area (TPSA) is 0 Å². The summed E-state index contributed by atoms with van der Waals surface area (Å²) in [6, 6.07) is 34.0. The highest BCUT2D eigenvalue weighted by atomic mass is 29.6. The zero-order valence-corrected chi connectivity index (χ0v) is 21.6. The van der Waals surface area contributed by atoms with E-state index in [4.69, 9.17) is 0 Å². The number of hydrogen-bond acceptors (Lipinski definition) is 0. The van der Waals surface area contributed by atoms with Crippen LogP contribution in [-0.2, 0) is 6.42 Å². The van der Waals surface area contributed by atoms with Crippen LogP contribution in [0.5, 0.6) is 0 Å². The van der Waals surface area contributed by atoms with Gasteiger partial charge in [-0.1, -0.05) is 134 Å². The highest BCUT2D eigenvalue weighted by Crippen LogP contribution is 2.47. The fourth-order valence-electron chi connectivity index (χ4n) is 6.71. The maximum absolute atomic E-state index is 2.72. The minimum Gasteiger partial charge on any atom is -0.0675 e. The molecule has 0 saturated heterocycles. The van der Waals surface area contributed by atoms with Gasteiger partial charge in [-0.15, -0.1) is 0 Å². The summed E-state index contributed by atoms with van der Waals surface area (Å²) in [5.74, 6) is 0. The van der Waals surface area contributed by atoms with Gasteiger partial charge in [0.1, 0.15) is 0 Å². The van der Waals surface area contributed by atoms with Crippen LogP contribution >= 0.6 is 0 Å². The second kappa shape index (κ2) is 7.53. The molecule has 0 amide bonds. The molecule has 0 radical (unpaired) electrons. The standard InChI is InChI=1S/C26H34Si3/c1-22-26-19-13-12-14-23(26)20-21-29(22,27(2,3)24-15-8-6-9-16-24)28(4,5)25-17-10-7-11-18-25/h6-19,22H,20-21H2,1-5H3. The van der Waals surface area contributed by atoms with Crippen molar-refractivity contribution in [3.8, 4) is 0 Å². The fourth-order valence-corrected chi connectivity index (χ4v) is 54.0. The lowest BCUT2D eigenvalue weighted by Gasteiger charge is -2.59. The quantitative estimate of drug-likeness (QED) is 0.464. The third-order valence-corrected chi connectivity index (χ3v) is 49.6. The van der Waals surface area contributed by atoms with Crippen molar-refractivity contribution in [2.45, 2.75) is 51.1 Å². The molecule has 0 spiro atoms. The fraction of sp³-hybridized carbons (Fsp3) is 0.308. The molecule has 150 valence electrons. The third kappa shape index (κ3) is 3.06. The Morgan fingerprint density at radius 3 is 1.62 bits per heavy atom. The Bertz CT molecular complexity index is 926. The van der Waals surface area contributed by atoms with E-state index in [1.54, 1.807) is 21.5 Å². The van der Waals surface area contributed by atoms with Crippen LogP contribution in [0.1, 0.15) is 23.6 Å². The number of aryl methyl sites for hydroxylation is 1. The van der Waals surface area contributed by atoms with Crippen LogP contribution in [0, 0.1) is 0 Å². The summed E-state index contributed by atoms with van der Waals surface area (Å²) in [6.07, 6.45) is 1.28. The lowest BCUT2D eigenvalue weighted by molar-refractivity contribution is 0.912. The maximum atomic E-state index is 2.72. The first kappa shape index (κ1) is 20.6. The van der Waals surface area contributed by atoms with Crippen LogP contribution in [0.25, 0.3) is 0 Å². The van der Waals surface area contributed by atoms with Crippen LogP contribution < -0.4 is 10.4 Å². The molecule has 0 saturated carbocycles. The molecule has 1 aliphatic rings. The van der Waals surface area contributed by atoms with Crippen molar-refractivity contribution < 1.29 is 0 Å². The molecule has 0 nitrogen and oxygen atoms in total. The molecule has 29 heavy (non-hydrogen) atoms. The Hall–Kier alpha value is -1.69. The molecule has 0 fully saturated rings. The van der Waals surface area contributed by atoms with Crippen molar-refractivity contribution in [3.63, 3.8) is 0 Å². The van der Waals surface area contributed by atoms with E-state index < -0.39 is 22.3 Å². The zero-order chi connectivity index (χ0) is 20.7. The van der Waals surface area contributed by atoms with E-state index >= 15 is 0 Å². The van der Waals surface area contributed by atoms with E-state index in [1.165, 1.54) is 12.5 Å². The predicted molar refractivity (Wildman–Crippen MR) is 136 cm³/mol. The van der Waals surface area contributed by atoms with E-state index in [9.17, 15) is 0 Å². The van der Waals surface area contributed by atoms with Gasteiger partial charge < -0.3 is 0 Å². The monoisotopic (exact) mass is 430 g/mol. The van der Waals surface area contributed by atoms with Gasteiger partial charge >= 0.3 is 0 Å². The Morgan fingerprint density at radius 1 is 0.655 bits per heavy atom. The molecular weight excluding hydrogens is 397 g/mol. The van der Waals surface area contributed by atoms with Crippen molar-refractivity contribution in [1.29, 1.82) is 0 Å². The maximum Gasteiger partial charge on any atom is 0.0729 e. The predicted octanol–water partition coefficient (Wildman–Crippen LogP) is 5.72. The van der Waals surface area contributed by atoms with Gasteiger partial charge in [-0.3, -0.25) is 0 Å². The van der Waals surface area contributed by atoms with Gasteiger partial charge in [0.15, 0.2) is 0 Å². The molecule has 0 aliphatic carbocycles. The van der Waals surface area contributed by atoms with Crippen LogP contribution in [0.15, 0.2) is 84.9 Å². The molecule has 1 unspecified atom stereocenters. The summed E-state index contributed by atoms with van der Waals surface area (Å²) in [5.41, 5.74) is 3.99. The number of fused-ring (bicyclic) bond motifs is 1. The largest absolute Gasteiger partial charge is 0.0729 e. The molecular formula is C26H34Si3. The summed E-state index contributed by atoms with van der Waals surface area (Å²) in [6.45, 7) is 13.5. The summed E-state index contributed by atoms with van der Waals surface area (Å²) < 4.78 is 0. The molecule has 1 aliphatic heterocycles. The highest BCUT2D eigenvalue weighted by molar-refractivity contribution is 7.74. The van der Waals surface area contributed by atoms with Gasteiger partial charge in [-0.05, 0) is 23.1 Å². The second-order valence-electron chi connectivity index (χ2n) is 9.87. The molecule has 3 aromatic rings. The van der Waals surface area contributed by atoms with Gasteiger partial charge in [-0.25, -0.2) is 0 Å². The Kier molecular flexibility index (Phi) is 5.34. The van der Waals surface area contributed by atoms with E-state index in [0.717, 1.165) is 5.54 Å². The Labute approximate surface area is 179 Å². The minimum atomic E-state index is -1.70. The molecule has 3 aromatic carbocycles. The van der Waals surface area contributed by atoms with Gasteiger partial charge in [-0.2, -0.15) is 0 Å². The molecule has 0 aromatic heterocycles. The first-order valence-electron chi connectivity index (χ1n) is 11.0. The van der Waals surface area contributed by atoms with E-state index in [1.807, 2.05) is 0 Å². The Morgan fingerprint density at radius 2 is 1.10 bits per heavy atom. The number of rotatable bonds is 4. The van der Waals surface area contributed by atoms with E-state index in [2.05, 4.69) is 118 Å². The van der Waals surface area contributed by atoms with Gasteiger partial charge in [0.2, 0.25) is 0 Å². The van der Waals surface area contributed by atoms with Gasteiger partial charge in [0.05, 0.1) is 22.3 Å². The van der Waals surface area contributed by atoms with Crippen molar-refractivity contribution in [1.82, 2.24) is 0 Å². The van der Waals surface area contributed by atoms with Crippen molar-refractivity contribution >= 4 is 32.7 Å². The van der Waals surface area contributed by atoms with E-state index in [0.29, 0.717) is 0 Å². The van der Waals surface area contributed by atoms with Crippen LogP contribution in [-0.4, -0.2) is 22.3 Å². The van der Waals surface area contributed by atoms with E-state index in [-0.39, 0.29) is 0 Å². The SMILES string of the molecule is CC1c2ccccc2CC[Si]1([Si](C)(C)c1ccccc1)[Si](C)(C)c1ccccc1. The number of benzene rings is 3. The first-order chi connectivity index (χ1) is 13.8. The molecule has 1 heterocycles. The normalized spacial score (nSPS) is 18.9. The first-order valence-corrected chi connectivity index (χ1v) is 21.3. The second-order valence-corrected chi connectivity index (χ2v) is 35.2. The molecule has 1 atom stereocenters. The molecule has 0 bridgehead atoms. The van der Waals surface area contributed by atoms with Crippen molar-refractivity contribution in [3.05, 3.63) is 96.1 Å². The minimum absolute atomic E-state index is 0.719. The van der Waals surface area contributed by atoms with Gasteiger partial charge in [0.25, 0.3) is 0 Å². The number of hydrogen-bond donors (Lipinski definition) is 0. The molecule has 0 N–H and O–H groups in total. The molecule has 3 heteroatoms. The average molecular weight is 431 g/mol.